The summed E-state index contributed by atoms with van der Waals surface area (Å²) in [6, 6.07) is 6.99. The molecule has 0 aromatic heterocycles. The molecule has 0 heterocycles. The molecule has 0 aliphatic rings. The Kier molecular flexibility index (Phi) is 5.85. The summed E-state index contributed by atoms with van der Waals surface area (Å²) >= 11 is 0. The molecule has 1 aromatic carbocycles. The lowest BCUT2D eigenvalue weighted by Gasteiger charge is -2.15. The van der Waals surface area contributed by atoms with Gasteiger partial charge in [0, 0.05) is 11.7 Å². The first-order valence-corrected chi connectivity index (χ1v) is 6.46. The van der Waals surface area contributed by atoms with Crippen molar-refractivity contribution in [2.45, 2.75) is 39.2 Å². The number of benzene rings is 1. The molecule has 0 radical (unpaired) electrons. The molecule has 0 saturated heterocycles. The molecule has 104 valence electrons. The molecule has 1 aromatic rings. The van der Waals surface area contributed by atoms with Crippen LogP contribution in [0.5, 0.6) is 0 Å². The lowest BCUT2D eigenvalue weighted by atomic mass is 10.1. The molecule has 3 amide bonds. The van der Waals surface area contributed by atoms with Crippen molar-refractivity contribution in [2.24, 2.45) is 5.73 Å². The van der Waals surface area contributed by atoms with Crippen LogP contribution < -0.4 is 16.4 Å². The van der Waals surface area contributed by atoms with Crippen LogP contribution in [0, 0.1) is 0 Å². The first-order chi connectivity index (χ1) is 9.02. The Hall–Kier alpha value is -2.04. The number of rotatable bonds is 6. The largest absolute Gasteiger partial charge is 0.369 e. The van der Waals surface area contributed by atoms with Gasteiger partial charge < -0.3 is 16.4 Å². The number of hydrogen-bond acceptors (Lipinski definition) is 2. The first kappa shape index (κ1) is 15.0. The van der Waals surface area contributed by atoms with Gasteiger partial charge in [0.1, 0.15) is 0 Å². The number of urea groups is 1. The van der Waals surface area contributed by atoms with E-state index in [9.17, 15) is 9.59 Å². The Morgan fingerprint density at radius 3 is 2.63 bits per heavy atom. The van der Waals surface area contributed by atoms with E-state index in [1.807, 2.05) is 6.92 Å². The Bertz CT molecular complexity index is 446. The van der Waals surface area contributed by atoms with Crippen molar-refractivity contribution >= 4 is 17.6 Å². The van der Waals surface area contributed by atoms with Gasteiger partial charge in [0.05, 0.1) is 6.42 Å². The minimum Gasteiger partial charge on any atom is -0.369 e. The van der Waals surface area contributed by atoms with Crippen molar-refractivity contribution in [1.29, 1.82) is 0 Å². The predicted octanol–water partition coefficient (Wildman–Crippen LogP) is 2.02. The molecule has 0 spiro atoms. The molecule has 0 fully saturated rings. The van der Waals surface area contributed by atoms with Gasteiger partial charge in [0.2, 0.25) is 5.91 Å². The summed E-state index contributed by atoms with van der Waals surface area (Å²) in [4.78, 5) is 22.8. The van der Waals surface area contributed by atoms with E-state index in [-0.39, 0.29) is 18.5 Å². The van der Waals surface area contributed by atoms with E-state index < -0.39 is 5.91 Å². The van der Waals surface area contributed by atoms with Gasteiger partial charge in [-0.1, -0.05) is 31.5 Å². The van der Waals surface area contributed by atoms with E-state index in [0.29, 0.717) is 11.3 Å². The van der Waals surface area contributed by atoms with E-state index in [4.69, 9.17) is 5.73 Å². The maximum Gasteiger partial charge on any atom is 0.319 e. The quantitative estimate of drug-likeness (QED) is 0.733. The number of para-hydroxylation sites is 1. The molecule has 1 atom stereocenters. The van der Waals surface area contributed by atoms with Crippen molar-refractivity contribution in [2.75, 3.05) is 5.32 Å². The molecule has 0 aliphatic carbocycles. The standard InChI is InChI=1S/C14H21N3O2/c1-3-6-10(2)16-14(19)17-12-8-5-4-7-11(12)9-13(15)18/h4-5,7-8,10H,3,6,9H2,1-2H3,(H2,15,18)(H2,16,17,19)/t10-/m0/s1. The SMILES string of the molecule is CCC[C@H](C)NC(=O)Nc1ccccc1CC(N)=O. The second-order valence-electron chi connectivity index (χ2n) is 4.59. The average molecular weight is 263 g/mol. The van der Waals surface area contributed by atoms with Crippen LogP contribution in [-0.4, -0.2) is 18.0 Å². The van der Waals surface area contributed by atoms with Crippen molar-refractivity contribution in [1.82, 2.24) is 5.32 Å². The summed E-state index contributed by atoms with van der Waals surface area (Å²) in [6.07, 6.45) is 2.05. The normalized spacial score (nSPS) is 11.7. The number of carbonyl (C=O) groups is 2. The van der Waals surface area contributed by atoms with E-state index >= 15 is 0 Å². The zero-order chi connectivity index (χ0) is 14.3. The fourth-order valence-corrected chi connectivity index (χ4v) is 1.87. The van der Waals surface area contributed by atoms with Crippen LogP contribution in [0.4, 0.5) is 10.5 Å². The lowest BCUT2D eigenvalue weighted by molar-refractivity contribution is -0.117. The van der Waals surface area contributed by atoms with Crippen molar-refractivity contribution in [3.8, 4) is 0 Å². The summed E-state index contributed by atoms with van der Waals surface area (Å²) in [5.41, 5.74) is 6.51. The minimum absolute atomic E-state index is 0.112. The topological polar surface area (TPSA) is 84.2 Å². The summed E-state index contributed by atoms with van der Waals surface area (Å²) in [5, 5.41) is 5.59. The van der Waals surface area contributed by atoms with Gasteiger partial charge in [0.25, 0.3) is 0 Å². The van der Waals surface area contributed by atoms with Gasteiger partial charge in [-0.3, -0.25) is 4.79 Å². The number of nitrogens with two attached hydrogens (primary N) is 1. The Morgan fingerprint density at radius 2 is 2.00 bits per heavy atom. The monoisotopic (exact) mass is 263 g/mol. The van der Waals surface area contributed by atoms with E-state index in [1.54, 1.807) is 24.3 Å². The average Bonchev–Trinajstić information content (AvgIpc) is 2.31. The van der Waals surface area contributed by atoms with Crippen LogP contribution >= 0.6 is 0 Å². The summed E-state index contributed by atoms with van der Waals surface area (Å²) in [6.45, 7) is 4.02. The van der Waals surface area contributed by atoms with Crippen LogP contribution in [0.15, 0.2) is 24.3 Å². The number of hydrogen-bond donors (Lipinski definition) is 3. The fraction of sp³-hybridized carbons (Fsp3) is 0.429. The van der Waals surface area contributed by atoms with Crippen LogP contribution in [0.3, 0.4) is 0 Å². The molecule has 0 aliphatic heterocycles. The molecule has 4 N–H and O–H groups in total. The number of primary amides is 1. The van der Waals surface area contributed by atoms with Gasteiger partial charge in [-0.05, 0) is 25.0 Å². The summed E-state index contributed by atoms with van der Waals surface area (Å²) in [7, 11) is 0. The van der Waals surface area contributed by atoms with Gasteiger partial charge >= 0.3 is 6.03 Å². The predicted molar refractivity (Wildman–Crippen MR) is 75.9 cm³/mol. The first-order valence-electron chi connectivity index (χ1n) is 6.46. The van der Waals surface area contributed by atoms with Crippen LogP contribution in [0.25, 0.3) is 0 Å². The van der Waals surface area contributed by atoms with Crippen LogP contribution in [-0.2, 0) is 11.2 Å². The molecule has 0 bridgehead atoms. The third kappa shape index (κ3) is 5.42. The highest BCUT2D eigenvalue weighted by molar-refractivity contribution is 5.91. The summed E-state index contributed by atoms with van der Waals surface area (Å²) in [5.74, 6) is -0.422. The second-order valence-corrected chi connectivity index (χ2v) is 4.59. The van der Waals surface area contributed by atoms with Gasteiger partial charge in [0.15, 0.2) is 0 Å². The maximum atomic E-state index is 11.8. The van der Waals surface area contributed by atoms with E-state index in [0.717, 1.165) is 12.8 Å². The molecule has 19 heavy (non-hydrogen) atoms. The molecule has 0 saturated carbocycles. The van der Waals surface area contributed by atoms with Crippen molar-refractivity contribution in [3.63, 3.8) is 0 Å². The zero-order valence-electron chi connectivity index (χ0n) is 11.4. The third-order valence-corrected chi connectivity index (χ3v) is 2.73. The van der Waals surface area contributed by atoms with Gasteiger partial charge in [-0.2, -0.15) is 0 Å². The lowest BCUT2D eigenvalue weighted by Crippen LogP contribution is -2.36. The van der Waals surface area contributed by atoms with E-state index in [1.165, 1.54) is 0 Å². The number of nitrogens with one attached hydrogen (secondary N) is 2. The molecular weight excluding hydrogens is 242 g/mol. The Morgan fingerprint density at radius 1 is 1.32 bits per heavy atom. The highest BCUT2D eigenvalue weighted by atomic mass is 16.2. The molecule has 5 nitrogen and oxygen atoms in total. The number of carbonyl (C=O) groups excluding carboxylic acids is 2. The second kappa shape index (κ2) is 7.41. The summed E-state index contributed by atoms with van der Waals surface area (Å²) < 4.78 is 0. The molecule has 5 heteroatoms. The van der Waals surface area contributed by atoms with Gasteiger partial charge in [-0.25, -0.2) is 4.79 Å². The molecule has 0 unspecified atom stereocenters. The van der Waals surface area contributed by atoms with Crippen molar-refractivity contribution < 1.29 is 9.59 Å². The fourth-order valence-electron chi connectivity index (χ4n) is 1.87. The highest BCUT2D eigenvalue weighted by Gasteiger charge is 2.10. The zero-order valence-corrected chi connectivity index (χ0v) is 11.4. The van der Waals surface area contributed by atoms with Crippen molar-refractivity contribution in [3.05, 3.63) is 29.8 Å². The Balaban J connectivity index is 2.65. The van der Waals surface area contributed by atoms with Gasteiger partial charge in [-0.15, -0.1) is 0 Å². The Labute approximate surface area is 113 Å². The van der Waals surface area contributed by atoms with Crippen LogP contribution in [0.2, 0.25) is 0 Å². The number of anilines is 1. The molecular formula is C14H21N3O2. The number of amides is 3. The minimum atomic E-state index is -0.422. The van der Waals surface area contributed by atoms with E-state index in [2.05, 4.69) is 17.6 Å². The van der Waals surface area contributed by atoms with Crippen LogP contribution in [0.1, 0.15) is 32.3 Å². The smallest absolute Gasteiger partial charge is 0.319 e. The maximum absolute atomic E-state index is 11.8. The molecule has 1 rings (SSSR count). The highest BCUT2D eigenvalue weighted by Crippen LogP contribution is 2.15. The third-order valence-electron chi connectivity index (χ3n) is 2.73.